The molecule has 0 spiro atoms. The van der Waals surface area contributed by atoms with Crippen LogP contribution in [0.3, 0.4) is 0 Å². The summed E-state index contributed by atoms with van der Waals surface area (Å²) in [5.41, 5.74) is 5.94. The molecular formula is C12H22N2O2. The van der Waals surface area contributed by atoms with Crippen LogP contribution in [0.5, 0.6) is 0 Å². The van der Waals surface area contributed by atoms with Gasteiger partial charge in [0.2, 0.25) is 5.91 Å². The molecule has 2 saturated heterocycles. The van der Waals surface area contributed by atoms with Crippen LogP contribution in [0.4, 0.5) is 0 Å². The molecule has 2 fully saturated rings. The predicted octanol–water partition coefficient (Wildman–Crippen LogP) is 0.751. The molecule has 0 aliphatic carbocycles. The molecule has 0 radical (unpaired) electrons. The molecule has 0 saturated carbocycles. The van der Waals surface area contributed by atoms with Crippen molar-refractivity contribution in [3.63, 3.8) is 0 Å². The zero-order valence-electron chi connectivity index (χ0n) is 10.0. The summed E-state index contributed by atoms with van der Waals surface area (Å²) >= 11 is 0. The predicted molar refractivity (Wildman–Crippen MR) is 61.9 cm³/mol. The van der Waals surface area contributed by atoms with Crippen LogP contribution < -0.4 is 5.73 Å². The van der Waals surface area contributed by atoms with Gasteiger partial charge in [0, 0.05) is 25.7 Å². The lowest BCUT2D eigenvalue weighted by Gasteiger charge is -2.35. The zero-order valence-corrected chi connectivity index (χ0v) is 10.0. The minimum absolute atomic E-state index is 0.150. The van der Waals surface area contributed by atoms with Gasteiger partial charge in [0.05, 0.1) is 12.5 Å². The monoisotopic (exact) mass is 226 g/mol. The van der Waals surface area contributed by atoms with Crippen LogP contribution in [0.15, 0.2) is 0 Å². The Hall–Kier alpha value is -0.610. The Morgan fingerprint density at radius 3 is 2.94 bits per heavy atom. The van der Waals surface area contributed by atoms with Crippen LogP contribution in [0.25, 0.3) is 0 Å². The first-order chi connectivity index (χ1) is 7.65. The van der Waals surface area contributed by atoms with Crippen LogP contribution in [-0.2, 0) is 9.53 Å². The Balaban J connectivity index is 1.83. The maximum atomic E-state index is 12.0. The van der Waals surface area contributed by atoms with Crippen molar-refractivity contribution in [2.24, 2.45) is 11.7 Å². The topological polar surface area (TPSA) is 55.6 Å². The van der Waals surface area contributed by atoms with Crippen molar-refractivity contribution in [1.29, 1.82) is 0 Å². The van der Waals surface area contributed by atoms with E-state index in [1.54, 1.807) is 0 Å². The van der Waals surface area contributed by atoms with E-state index in [4.69, 9.17) is 10.5 Å². The van der Waals surface area contributed by atoms with Crippen LogP contribution in [0.2, 0.25) is 0 Å². The highest BCUT2D eigenvalue weighted by atomic mass is 16.5. The number of carbonyl (C=O) groups is 1. The van der Waals surface area contributed by atoms with Crippen molar-refractivity contribution in [2.45, 2.75) is 44.8 Å². The number of hydrogen-bond donors (Lipinski definition) is 1. The normalized spacial score (nSPS) is 35.4. The molecule has 2 aliphatic heterocycles. The summed E-state index contributed by atoms with van der Waals surface area (Å²) in [5.74, 6) is 0.742. The molecule has 3 atom stereocenters. The standard InChI is InChI=1S/C12H22N2O2/c1-9-5-10(13)8-14(7-9)12(15)6-11-3-2-4-16-11/h9-11H,2-8,13H2,1H3. The first-order valence-electron chi connectivity index (χ1n) is 6.30. The Morgan fingerprint density at radius 2 is 2.31 bits per heavy atom. The third-order valence-corrected chi connectivity index (χ3v) is 3.47. The molecule has 0 aromatic carbocycles. The molecule has 4 nitrogen and oxygen atoms in total. The lowest BCUT2D eigenvalue weighted by molar-refractivity contribution is -0.135. The van der Waals surface area contributed by atoms with Crippen molar-refractivity contribution in [2.75, 3.05) is 19.7 Å². The molecule has 0 aromatic heterocycles. The van der Waals surface area contributed by atoms with Crippen LogP contribution in [0.1, 0.15) is 32.6 Å². The van der Waals surface area contributed by atoms with Crippen LogP contribution in [0, 0.1) is 5.92 Å². The maximum absolute atomic E-state index is 12.0. The smallest absolute Gasteiger partial charge is 0.225 e. The van der Waals surface area contributed by atoms with Crippen molar-refractivity contribution >= 4 is 5.91 Å². The number of rotatable bonds is 2. The van der Waals surface area contributed by atoms with Crippen molar-refractivity contribution in [1.82, 2.24) is 4.90 Å². The molecule has 3 unspecified atom stereocenters. The number of nitrogens with two attached hydrogens (primary N) is 1. The molecule has 2 aliphatic rings. The van der Waals surface area contributed by atoms with Gasteiger partial charge in [0.15, 0.2) is 0 Å². The number of nitrogens with zero attached hydrogens (tertiary/aromatic N) is 1. The minimum Gasteiger partial charge on any atom is -0.378 e. The van der Waals surface area contributed by atoms with Crippen molar-refractivity contribution < 1.29 is 9.53 Å². The second kappa shape index (κ2) is 5.15. The molecule has 2 N–H and O–H groups in total. The number of hydrogen-bond acceptors (Lipinski definition) is 3. The molecule has 92 valence electrons. The van der Waals surface area contributed by atoms with Gasteiger partial charge in [-0.3, -0.25) is 4.79 Å². The molecule has 0 bridgehead atoms. The van der Waals surface area contributed by atoms with E-state index in [-0.39, 0.29) is 18.1 Å². The Bertz CT molecular complexity index is 241. The summed E-state index contributed by atoms with van der Waals surface area (Å²) in [7, 11) is 0. The Kier molecular flexibility index (Phi) is 3.82. The highest BCUT2D eigenvalue weighted by Crippen LogP contribution is 2.20. The number of amides is 1. The average molecular weight is 226 g/mol. The quantitative estimate of drug-likeness (QED) is 0.756. The van der Waals surface area contributed by atoms with E-state index in [2.05, 4.69) is 6.92 Å². The fourth-order valence-corrected chi connectivity index (χ4v) is 2.73. The van der Waals surface area contributed by atoms with Crippen LogP contribution >= 0.6 is 0 Å². The lowest BCUT2D eigenvalue weighted by atomic mass is 9.96. The SMILES string of the molecule is CC1CC(N)CN(C(=O)CC2CCCO2)C1. The van der Waals surface area contributed by atoms with Gasteiger partial charge in [0.1, 0.15) is 0 Å². The van der Waals surface area contributed by atoms with Crippen LogP contribution in [-0.4, -0.2) is 42.6 Å². The van der Waals surface area contributed by atoms with Gasteiger partial charge in [-0.15, -0.1) is 0 Å². The largest absolute Gasteiger partial charge is 0.378 e. The number of piperidine rings is 1. The van der Waals surface area contributed by atoms with E-state index in [0.29, 0.717) is 12.3 Å². The molecule has 1 amide bonds. The van der Waals surface area contributed by atoms with Crippen molar-refractivity contribution in [3.05, 3.63) is 0 Å². The van der Waals surface area contributed by atoms with Gasteiger partial charge in [-0.25, -0.2) is 0 Å². The van der Waals surface area contributed by atoms with Gasteiger partial charge in [-0.1, -0.05) is 6.92 Å². The maximum Gasteiger partial charge on any atom is 0.225 e. The first-order valence-corrected chi connectivity index (χ1v) is 6.30. The molecule has 2 heterocycles. The third-order valence-electron chi connectivity index (χ3n) is 3.47. The number of carbonyl (C=O) groups excluding carboxylic acids is 1. The molecule has 4 heteroatoms. The van der Waals surface area contributed by atoms with Crippen molar-refractivity contribution in [3.8, 4) is 0 Å². The van der Waals surface area contributed by atoms with Gasteiger partial charge in [0.25, 0.3) is 0 Å². The van der Waals surface area contributed by atoms with Gasteiger partial charge < -0.3 is 15.4 Å². The summed E-state index contributed by atoms with van der Waals surface area (Å²) < 4.78 is 5.49. The summed E-state index contributed by atoms with van der Waals surface area (Å²) in [5, 5.41) is 0. The van der Waals surface area contributed by atoms with Gasteiger partial charge >= 0.3 is 0 Å². The average Bonchev–Trinajstić information content (AvgIpc) is 2.68. The Labute approximate surface area is 97.1 Å². The second-order valence-electron chi connectivity index (χ2n) is 5.24. The van der Waals surface area contributed by atoms with E-state index in [1.807, 2.05) is 4.90 Å². The molecule has 0 aromatic rings. The highest BCUT2D eigenvalue weighted by Gasteiger charge is 2.28. The summed E-state index contributed by atoms with van der Waals surface area (Å²) in [4.78, 5) is 14.0. The van der Waals surface area contributed by atoms with E-state index >= 15 is 0 Å². The second-order valence-corrected chi connectivity index (χ2v) is 5.24. The third kappa shape index (κ3) is 2.95. The molecule has 2 rings (SSSR count). The molecular weight excluding hydrogens is 204 g/mol. The minimum atomic E-state index is 0.150. The zero-order chi connectivity index (χ0) is 11.5. The van der Waals surface area contributed by atoms with E-state index < -0.39 is 0 Å². The number of ether oxygens (including phenoxy) is 1. The highest BCUT2D eigenvalue weighted by molar-refractivity contribution is 5.76. The summed E-state index contributed by atoms with van der Waals surface area (Å²) in [6.45, 7) is 4.55. The molecule has 16 heavy (non-hydrogen) atoms. The summed E-state index contributed by atoms with van der Waals surface area (Å²) in [6, 6.07) is 0.150. The van der Waals surface area contributed by atoms with E-state index in [9.17, 15) is 4.79 Å². The summed E-state index contributed by atoms with van der Waals surface area (Å²) in [6.07, 6.45) is 3.85. The van der Waals surface area contributed by atoms with E-state index in [0.717, 1.165) is 39.0 Å². The first kappa shape index (κ1) is 11.9. The van der Waals surface area contributed by atoms with Gasteiger partial charge in [-0.05, 0) is 25.2 Å². The van der Waals surface area contributed by atoms with E-state index in [1.165, 1.54) is 0 Å². The fourth-order valence-electron chi connectivity index (χ4n) is 2.73. The Morgan fingerprint density at radius 1 is 1.50 bits per heavy atom. The lowest BCUT2D eigenvalue weighted by Crippen LogP contribution is -2.49. The van der Waals surface area contributed by atoms with Gasteiger partial charge in [-0.2, -0.15) is 0 Å². The number of likely N-dealkylation sites (tertiary alicyclic amines) is 1. The fraction of sp³-hybridized carbons (Fsp3) is 0.917.